The van der Waals surface area contributed by atoms with Crippen molar-refractivity contribution < 1.29 is 0 Å². The number of allylic oxidation sites excluding steroid dienone is 1. The molecule has 0 fully saturated rings. The van der Waals surface area contributed by atoms with Crippen LogP contribution in [0.15, 0.2) is 10.8 Å². The highest BCUT2D eigenvalue weighted by atomic mass is 28.3. The van der Waals surface area contributed by atoms with E-state index in [0.717, 1.165) is 0 Å². The Hall–Kier alpha value is 0.134. The third-order valence-corrected chi connectivity index (χ3v) is 10.7. The van der Waals surface area contributed by atoms with Crippen LogP contribution in [0.3, 0.4) is 0 Å². The third kappa shape index (κ3) is 4.56. The van der Waals surface area contributed by atoms with E-state index < -0.39 is 8.07 Å². The summed E-state index contributed by atoms with van der Waals surface area (Å²) in [5.41, 5.74) is 1.57. The van der Waals surface area contributed by atoms with Gasteiger partial charge in [0, 0.05) is 16.3 Å². The fourth-order valence-electron chi connectivity index (χ4n) is 2.08. The second-order valence-electron chi connectivity index (χ2n) is 5.35. The summed E-state index contributed by atoms with van der Waals surface area (Å²) in [6.07, 6.45) is 1.30. The van der Waals surface area contributed by atoms with Gasteiger partial charge in [-0.1, -0.05) is 49.7 Å². The molecule has 0 saturated carbocycles. The van der Waals surface area contributed by atoms with Crippen molar-refractivity contribution in [2.75, 3.05) is 6.17 Å². The Morgan fingerprint density at radius 3 is 1.88 bits per heavy atom. The minimum atomic E-state index is -0.983. The molecule has 1 atom stereocenters. The van der Waals surface area contributed by atoms with Crippen molar-refractivity contribution in [3.63, 3.8) is 0 Å². The summed E-state index contributed by atoms with van der Waals surface area (Å²) in [4.78, 5) is 0. The van der Waals surface area contributed by atoms with Gasteiger partial charge in [0.05, 0.1) is 8.07 Å². The quantitative estimate of drug-likeness (QED) is 0.692. The van der Waals surface area contributed by atoms with Crippen LogP contribution in [0.5, 0.6) is 0 Å². The average Bonchev–Trinajstić information content (AvgIpc) is 2.30. The van der Waals surface area contributed by atoms with E-state index in [1.165, 1.54) is 34.5 Å². The Morgan fingerprint density at radius 2 is 1.56 bits per heavy atom. The second-order valence-corrected chi connectivity index (χ2v) is 12.3. The monoisotopic (exact) mass is 257 g/mol. The molecular weight excluding hydrogens is 226 g/mol. The first-order valence-electron chi connectivity index (χ1n) is 6.79. The molecule has 16 heavy (non-hydrogen) atoms. The molecule has 1 N–H and O–H groups in total. The van der Waals surface area contributed by atoms with Gasteiger partial charge in [0.15, 0.2) is 0 Å². The summed E-state index contributed by atoms with van der Waals surface area (Å²) >= 11 is 0. The summed E-state index contributed by atoms with van der Waals surface area (Å²) in [5.74, 6) is 0. The van der Waals surface area contributed by atoms with Gasteiger partial charge in [-0.2, -0.15) is 0 Å². The Bertz CT molecular complexity index is 220. The zero-order valence-corrected chi connectivity index (χ0v) is 15.4. The van der Waals surface area contributed by atoms with Gasteiger partial charge < -0.3 is 5.32 Å². The van der Waals surface area contributed by atoms with Gasteiger partial charge in [-0.15, -0.1) is 0 Å². The van der Waals surface area contributed by atoms with E-state index in [2.05, 4.69) is 46.9 Å². The molecule has 0 aliphatic carbocycles. The van der Waals surface area contributed by atoms with Crippen molar-refractivity contribution in [2.45, 2.75) is 65.7 Å². The molecule has 0 aliphatic heterocycles. The van der Waals surface area contributed by atoms with E-state index in [-0.39, 0.29) is 0 Å². The van der Waals surface area contributed by atoms with Gasteiger partial charge in [-0.05, 0) is 26.9 Å². The molecule has 0 saturated heterocycles. The van der Waals surface area contributed by atoms with Crippen LogP contribution >= 0.6 is 0 Å². The highest BCUT2D eigenvalue weighted by molar-refractivity contribution is 6.79. The molecule has 1 unspecified atom stereocenters. The van der Waals surface area contributed by atoms with Crippen molar-refractivity contribution in [1.82, 2.24) is 5.32 Å². The first kappa shape index (κ1) is 16.1. The topological polar surface area (TPSA) is 12.0 Å². The molecule has 0 aromatic carbocycles. The summed E-state index contributed by atoms with van der Waals surface area (Å²) in [6.45, 7) is 14.0. The molecule has 0 aromatic rings. The van der Waals surface area contributed by atoms with Gasteiger partial charge in [-0.3, -0.25) is 0 Å². The van der Waals surface area contributed by atoms with E-state index in [1.54, 1.807) is 10.8 Å². The van der Waals surface area contributed by atoms with Crippen LogP contribution in [0.4, 0.5) is 0 Å². The average molecular weight is 258 g/mol. The number of hydrogen-bond acceptors (Lipinski definition) is 1. The molecule has 0 rings (SSSR count). The smallest absolute Gasteiger partial charge is 0.0679 e. The van der Waals surface area contributed by atoms with Gasteiger partial charge in [0.1, 0.15) is 0 Å². The molecule has 0 radical (unpaired) electrons. The van der Waals surface area contributed by atoms with Crippen LogP contribution in [0.25, 0.3) is 0 Å². The van der Waals surface area contributed by atoms with Crippen LogP contribution in [-0.4, -0.2) is 30.5 Å². The van der Waals surface area contributed by atoms with E-state index in [4.69, 9.17) is 0 Å². The Kier molecular flexibility index (Phi) is 7.52. The minimum Gasteiger partial charge on any atom is -0.313 e. The third-order valence-electron chi connectivity index (χ3n) is 4.47. The molecule has 96 valence electrons. The molecule has 0 bridgehead atoms. The molecule has 1 nitrogen and oxygen atoms in total. The van der Waals surface area contributed by atoms with Crippen LogP contribution < -0.4 is 5.32 Å². The lowest BCUT2D eigenvalue weighted by atomic mass is 10.1. The highest BCUT2D eigenvalue weighted by Crippen LogP contribution is 2.19. The highest BCUT2D eigenvalue weighted by Gasteiger charge is 2.26. The summed E-state index contributed by atoms with van der Waals surface area (Å²) in [7, 11) is 0.218. The van der Waals surface area contributed by atoms with Crippen molar-refractivity contribution in [2.24, 2.45) is 0 Å². The maximum absolute atomic E-state index is 3.78. The van der Waals surface area contributed by atoms with E-state index in [0.29, 0.717) is 6.04 Å². The largest absolute Gasteiger partial charge is 0.313 e. The van der Waals surface area contributed by atoms with E-state index in [9.17, 15) is 0 Å². The second kappa shape index (κ2) is 7.46. The van der Waals surface area contributed by atoms with Crippen molar-refractivity contribution in [3.8, 4) is 0 Å². The van der Waals surface area contributed by atoms with Crippen LogP contribution in [0.1, 0.15) is 41.5 Å². The van der Waals surface area contributed by atoms with Crippen molar-refractivity contribution in [3.05, 3.63) is 10.8 Å². The molecular formula is C13H31NSi2. The predicted octanol–water partition coefficient (Wildman–Crippen LogP) is 2.67. The van der Waals surface area contributed by atoms with Crippen LogP contribution in [0, 0.1) is 0 Å². The first-order valence-corrected chi connectivity index (χ1v) is 10.6. The molecule has 0 spiro atoms. The molecule has 0 heterocycles. The van der Waals surface area contributed by atoms with Gasteiger partial charge >= 0.3 is 0 Å². The minimum absolute atomic E-state index is 0.578. The normalized spacial score (nSPS) is 16.1. The molecule has 0 aromatic heterocycles. The Balaban J connectivity index is 4.38. The predicted molar refractivity (Wildman–Crippen MR) is 83.0 cm³/mol. The lowest BCUT2D eigenvalue weighted by molar-refractivity contribution is 0.658. The number of rotatable bonds is 7. The molecule has 3 heteroatoms. The zero-order chi connectivity index (χ0) is 12.8. The zero-order valence-electron chi connectivity index (χ0n) is 12.4. The van der Waals surface area contributed by atoms with E-state index >= 15 is 0 Å². The summed E-state index contributed by atoms with van der Waals surface area (Å²) < 4.78 is 0. The first-order chi connectivity index (χ1) is 7.42. The SMILES string of the molecule is CC[Si](CC)(CC)CNC(C)C(C)=C(C)[SiH3]. The van der Waals surface area contributed by atoms with Crippen LogP contribution in [-0.2, 0) is 0 Å². The van der Waals surface area contributed by atoms with Crippen LogP contribution in [0.2, 0.25) is 18.1 Å². The lowest BCUT2D eigenvalue weighted by Crippen LogP contribution is -2.46. The van der Waals surface area contributed by atoms with Gasteiger partial charge in [-0.25, -0.2) is 0 Å². The summed E-state index contributed by atoms with van der Waals surface area (Å²) in [5, 5.41) is 5.38. The van der Waals surface area contributed by atoms with Gasteiger partial charge in [0.2, 0.25) is 0 Å². The lowest BCUT2D eigenvalue weighted by Gasteiger charge is -2.30. The van der Waals surface area contributed by atoms with Crippen molar-refractivity contribution in [1.29, 1.82) is 0 Å². The molecule has 0 aliphatic rings. The number of nitrogens with one attached hydrogen (secondary N) is 1. The summed E-state index contributed by atoms with van der Waals surface area (Å²) in [6, 6.07) is 4.83. The Labute approximate surface area is 107 Å². The van der Waals surface area contributed by atoms with E-state index in [1.807, 2.05) is 0 Å². The maximum atomic E-state index is 3.78. The standard InChI is InChI=1S/C13H31NSi2/c1-7-16(8-2,9-3)10-14-12(5)11(4)13(6)15/h12,14H,7-10H2,1-6,15H3. The number of hydrogen-bond donors (Lipinski definition) is 1. The fraction of sp³-hybridized carbons (Fsp3) is 0.846. The van der Waals surface area contributed by atoms with Crippen molar-refractivity contribution >= 4 is 18.3 Å². The fourth-order valence-corrected chi connectivity index (χ4v) is 5.50. The maximum Gasteiger partial charge on any atom is 0.0679 e. The molecule has 0 amide bonds. The Morgan fingerprint density at radius 1 is 1.12 bits per heavy atom. The van der Waals surface area contributed by atoms with Gasteiger partial charge in [0.25, 0.3) is 0 Å².